The fraction of sp³-hybridized carbons (Fsp3) is 0.312. The van der Waals surface area contributed by atoms with Crippen molar-refractivity contribution in [1.82, 2.24) is 9.78 Å². The third-order valence-electron chi connectivity index (χ3n) is 3.19. The third-order valence-corrected chi connectivity index (χ3v) is 3.19. The number of anilines is 1. The maximum Gasteiger partial charge on any atom is 0.343 e. The van der Waals surface area contributed by atoms with Crippen molar-refractivity contribution in [3.05, 3.63) is 46.6 Å². The molecule has 6 nitrogen and oxygen atoms in total. The van der Waals surface area contributed by atoms with Gasteiger partial charge >= 0.3 is 5.97 Å². The molecule has 1 heterocycles. The molecule has 0 spiro atoms. The van der Waals surface area contributed by atoms with Crippen LogP contribution >= 0.6 is 0 Å². The number of benzene rings is 1. The van der Waals surface area contributed by atoms with Crippen LogP contribution in [-0.4, -0.2) is 28.3 Å². The summed E-state index contributed by atoms with van der Waals surface area (Å²) in [4.78, 5) is 24.3. The van der Waals surface area contributed by atoms with Crippen molar-refractivity contribution in [1.29, 1.82) is 0 Å². The van der Waals surface area contributed by atoms with Gasteiger partial charge in [0.15, 0.2) is 5.82 Å². The van der Waals surface area contributed by atoms with E-state index in [0.29, 0.717) is 5.56 Å². The van der Waals surface area contributed by atoms with E-state index >= 15 is 0 Å². The zero-order chi connectivity index (χ0) is 16.3. The molecule has 2 rings (SSSR count). The van der Waals surface area contributed by atoms with E-state index in [4.69, 9.17) is 4.74 Å². The van der Waals surface area contributed by atoms with Gasteiger partial charge in [-0.15, -0.1) is 0 Å². The van der Waals surface area contributed by atoms with E-state index in [-0.39, 0.29) is 23.9 Å². The summed E-state index contributed by atoms with van der Waals surface area (Å²) in [6.45, 7) is 5.76. The summed E-state index contributed by atoms with van der Waals surface area (Å²) in [6, 6.07) is 5.63. The predicted molar refractivity (Wildman–Crippen MR) is 83.0 cm³/mol. The number of hydrogen-bond acceptors (Lipinski definition) is 4. The lowest BCUT2D eigenvalue weighted by molar-refractivity contribution is 0.0527. The second-order valence-corrected chi connectivity index (χ2v) is 5.06. The SMILES string of the molecule is CCOC(=O)c1cn(C)nc1NC(=O)c1cc(C)ccc1C. The Balaban J connectivity index is 2.29. The molecule has 1 aromatic carbocycles. The van der Waals surface area contributed by atoms with Gasteiger partial charge in [0.2, 0.25) is 0 Å². The number of nitrogens with zero attached hydrogens (tertiary/aromatic N) is 2. The highest BCUT2D eigenvalue weighted by atomic mass is 16.5. The second kappa shape index (κ2) is 6.43. The monoisotopic (exact) mass is 301 g/mol. The van der Waals surface area contributed by atoms with Gasteiger partial charge in [0.1, 0.15) is 5.56 Å². The Labute approximate surface area is 129 Å². The average Bonchev–Trinajstić information content (AvgIpc) is 2.82. The molecule has 1 amide bonds. The molecule has 1 aromatic heterocycles. The molecule has 2 aromatic rings. The van der Waals surface area contributed by atoms with E-state index < -0.39 is 5.97 Å². The summed E-state index contributed by atoms with van der Waals surface area (Å²) < 4.78 is 6.43. The molecule has 0 saturated heterocycles. The highest BCUT2D eigenvalue weighted by Crippen LogP contribution is 2.17. The van der Waals surface area contributed by atoms with E-state index in [1.807, 2.05) is 26.0 Å². The lowest BCUT2D eigenvalue weighted by Crippen LogP contribution is -2.16. The van der Waals surface area contributed by atoms with Crippen LogP contribution in [0.15, 0.2) is 24.4 Å². The van der Waals surface area contributed by atoms with Crippen molar-refractivity contribution >= 4 is 17.7 Å². The molecule has 116 valence electrons. The topological polar surface area (TPSA) is 73.2 Å². The minimum atomic E-state index is -0.508. The van der Waals surface area contributed by atoms with E-state index in [2.05, 4.69) is 10.4 Å². The maximum absolute atomic E-state index is 12.4. The summed E-state index contributed by atoms with van der Waals surface area (Å²) in [5.74, 6) is -0.607. The van der Waals surface area contributed by atoms with Crippen LogP contribution in [0.25, 0.3) is 0 Å². The number of carbonyl (C=O) groups excluding carboxylic acids is 2. The van der Waals surface area contributed by atoms with Crippen molar-refractivity contribution in [2.75, 3.05) is 11.9 Å². The molecule has 0 saturated carbocycles. The van der Waals surface area contributed by atoms with Gasteiger partial charge in [-0.3, -0.25) is 9.48 Å². The molecular weight excluding hydrogens is 282 g/mol. The first kappa shape index (κ1) is 15.8. The Morgan fingerprint density at radius 3 is 2.68 bits per heavy atom. The van der Waals surface area contributed by atoms with Crippen LogP contribution in [-0.2, 0) is 11.8 Å². The molecule has 0 bridgehead atoms. The Bertz CT molecular complexity index is 719. The fourth-order valence-electron chi connectivity index (χ4n) is 2.09. The Morgan fingerprint density at radius 1 is 1.27 bits per heavy atom. The number of amides is 1. The molecule has 0 unspecified atom stereocenters. The maximum atomic E-state index is 12.4. The average molecular weight is 301 g/mol. The summed E-state index contributed by atoms with van der Waals surface area (Å²) in [6.07, 6.45) is 1.52. The second-order valence-electron chi connectivity index (χ2n) is 5.06. The summed E-state index contributed by atoms with van der Waals surface area (Å²) in [5, 5.41) is 6.80. The van der Waals surface area contributed by atoms with Gasteiger partial charge in [-0.25, -0.2) is 4.79 Å². The zero-order valence-corrected chi connectivity index (χ0v) is 13.1. The first-order valence-electron chi connectivity index (χ1n) is 7.01. The van der Waals surface area contributed by atoms with Crippen LogP contribution < -0.4 is 5.32 Å². The number of ether oxygens (including phenoxy) is 1. The molecule has 0 fully saturated rings. The first-order valence-corrected chi connectivity index (χ1v) is 7.01. The molecular formula is C16H19N3O3. The van der Waals surface area contributed by atoms with Crippen LogP contribution in [0.1, 0.15) is 38.8 Å². The van der Waals surface area contributed by atoms with E-state index in [0.717, 1.165) is 11.1 Å². The quantitative estimate of drug-likeness (QED) is 0.880. The van der Waals surface area contributed by atoms with E-state index in [1.54, 1.807) is 20.0 Å². The van der Waals surface area contributed by atoms with Crippen LogP contribution in [0.3, 0.4) is 0 Å². The van der Waals surface area contributed by atoms with E-state index in [9.17, 15) is 9.59 Å². The summed E-state index contributed by atoms with van der Waals surface area (Å²) in [5.41, 5.74) is 2.64. The number of aromatic nitrogens is 2. The van der Waals surface area contributed by atoms with Crippen LogP contribution in [0.4, 0.5) is 5.82 Å². The van der Waals surface area contributed by atoms with Gasteiger partial charge < -0.3 is 10.1 Å². The van der Waals surface area contributed by atoms with Gasteiger partial charge in [-0.1, -0.05) is 17.7 Å². The van der Waals surface area contributed by atoms with Crippen molar-refractivity contribution in [3.8, 4) is 0 Å². The Kier molecular flexibility index (Phi) is 4.60. The molecule has 6 heteroatoms. The number of nitrogens with one attached hydrogen (secondary N) is 1. The van der Waals surface area contributed by atoms with Crippen molar-refractivity contribution in [2.45, 2.75) is 20.8 Å². The van der Waals surface area contributed by atoms with Crippen LogP contribution in [0.2, 0.25) is 0 Å². The first-order chi connectivity index (χ1) is 10.4. The van der Waals surface area contributed by atoms with Gasteiger partial charge in [-0.05, 0) is 32.4 Å². The number of aryl methyl sites for hydroxylation is 3. The van der Waals surface area contributed by atoms with Crippen molar-refractivity contribution in [2.24, 2.45) is 7.05 Å². The van der Waals surface area contributed by atoms with E-state index in [1.165, 1.54) is 10.9 Å². The standard InChI is InChI=1S/C16H19N3O3/c1-5-22-16(21)13-9-19(4)18-14(13)17-15(20)12-8-10(2)6-7-11(12)3/h6-9H,5H2,1-4H3,(H,17,18,20). The highest BCUT2D eigenvalue weighted by molar-refractivity contribution is 6.07. The van der Waals surface area contributed by atoms with Gasteiger partial charge in [0.05, 0.1) is 6.61 Å². The molecule has 0 radical (unpaired) electrons. The minimum Gasteiger partial charge on any atom is -0.462 e. The van der Waals surface area contributed by atoms with Gasteiger partial charge in [0, 0.05) is 18.8 Å². The number of esters is 1. The lowest BCUT2D eigenvalue weighted by Gasteiger charge is -2.08. The highest BCUT2D eigenvalue weighted by Gasteiger charge is 2.20. The predicted octanol–water partition coefficient (Wildman–Crippen LogP) is 2.47. The molecule has 0 aliphatic rings. The number of hydrogen-bond donors (Lipinski definition) is 1. The fourth-order valence-corrected chi connectivity index (χ4v) is 2.09. The van der Waals surface area contributed by atoms with Crippen LogP contribution in [0.5, 0.6) is 0 Å². The zero-order valence-electron chi connectivity index (χ0n) is 13.1. The number of rotatable bonds is 4. The van der Waals surface area contributed by atoms with Gasteiger partial charge in [-0.2, -0.15) is 5.10 Å². The molecule has 0 aliphatic carbocycles. The molecule has 22 heavy (non-hydrogen) atoms. The number of carbonyl (C=O) groups is 2. The minimum absolute atomic E-state index is 0.201. The Morgan fingerprint density at radius 2 is 2.00 bits per heavy atom. The smallest absolute Gasteiger partial charge is 0.343 e. The Hall–Kier alpha value is -2.63. The molecule has 1 N–H and O–H groups in total. The molecule has 0 atom stereocenters. The summed E-state index contributed by atoms with van der Waals surface area (Å²) in [7, 11) is 1.68. The van der Waals surface area contributed by atoms with Gasteiger partial charge in [0.25, 0.3) is 5.91 Å². The van der Waals surface area contributed by atoms with Crippen molar-refractivity contribution in [3.63, 3.8) is 0 Å². The van der Waals surface area contributed by atoms with Crippen LogP contribution in [0, 0.1) is 13.8 Å². The third kappa shape index (κ3) is 3.33. The summed E-state index contributed by atoms with van der Waals surface area (Å²) >= 11 is 0. The molecule has 0 aliphatic heterocycles. The van der Waals surface area contributed by atoms with Crippen molar-refractivity contribution < 1.29 is 14.3 Å². The lowest BCUT2D eigenvalue weighted by atomic mass is 10.1. The normalized spacial score (nSPS) is 10.4. The largest absolute Gasteiger partial charge is 0.462 e.